The molecule has 0 amide bonds. The van der Waals surface area contributed by atoms with Gasteiger partial charge >= 0.3 is 5.97 Å². The second kappa shape index (κ2) is 4.74. The zero-order valence-electron chi connectivity index (χ0n) is 9.54. The number of aromatic amines is 1. The van der Waals surface area contributed by atoms with Crippen molar-refractivity contribution in [2.45, 2.75) is 13.3 Å². The third kappa shape index (κ3) is 2.40. The van der Waals surface area contributed by atoms with Crippen molar-refractivity contribution in [2.75, 3.05) is 0 Å². The van der Waals surface area contributed by atoms with E-state index in [-0.39, 0.29) is 17.8 Å². The second-order valence-electron chi connectivity index (χ2n) is 3.62. The summed E-state index contributed by atoms with van der Waals surface area (Å²) in [5.41, 5.74) is 0.0261. The van der Waals surface area contributed by atoms with Crippen LogP contribution in [0, 0.1) is 6.92 Å². The van der Waals surface area contributed by atoms with E-state index >= 15 is 0 Å². The minimum Gasteiger partial charge on any atom is -0.481 e. The van der Waals surface area contributed by atoms with Crippen LogP contribution in [0.4, 0.5) is 0 Å². The van der Waals surface area contributed by atoms with Gasteiger partial charge in [0.2, 0.25) is 0 Å². The number of nitrogens with zero attached hydrogens (tertiary/aromatic N) is 3. The number of hydrogen-bond donors (Lipinski definition) is 2. The van der Waals surface area contributed by atoms with Crippen LogP contribution >= 0.6 is 0 Å². The quantitative estimate of drug-likeness (QED) is 0.798. The predicted molar refractivity (Wildman–Crippen MR) is 62.0 cm³/mol. The molecule has 2 rings (SSSR count). The number of carboxylic acids is 1. The van der Waals surface area contributed by atoms with Crippen LogP contribution < -0.4 is 5.56 Å². The van der Waals surface area contributed by atoms with E-state index in [1.807, 2.05) is 0 Å². The Morgan fingerprint density at radius 3 is 2.61 bits per heavy atom. The molecule has 0 atom stereocenters. The number of carboxylic acid groups (broad SMARTS) is 1. The Hall–Kier alpha value is -2.57. The molecule has 2 aromatic rings. The largest absolute Gasteiger partial charge is 0.481 e. The minimum atomic E-state index is -1.07. The fraction of sp³-hybridized carbons (Fsp3) is 0.182. The summed E-state index contributed by atoms with van der Waals surface area (Å²) in [5.74, 6) is -0.555. The number of hydrogen-bond acceptors (Lipinski definition) is 5. The van der Waals surface area contributed by atoms with Crippen LogP contribution in [0.2, 0.25) is 0 Å². The lowest BCUT2D eigenvalue weighted by molar-refractivity contribution is -0.136. The predicted octanol–water partition coefficient (Wildman–Crippen LogP) is 0.162. The van der Waals surface area contributed by atoms with E-state index in [0.717, 1.165) is 0 Å². The summed E-state index contributed by atoms with van der Waals surface area (Å²) in [4.78, 5) is 36.9. The number of aryl methyl sites for hydroxylation is 1. The third-order valence-electron chi connectivity index (χ3n) is 2.33. The van der Waals surface area contributed by atoms with Gasteiger partial charge in [0, 0.05) is 23.7 Å². The van der Waals surface area contributed by atoms with Gasteiger partial charge in [0.1, 0.15) is 0 Å². The van der Waals surface area contributed by atoms with Gasteiger partial charge in [-0.25, -0.2) is 15.0 Å². The fourth-order valence-electron chi connectivity index (χ4n) is 1.50. The Balaban J connectivity index is 2.49. The van der Waals surface area contributed by atoms with Crippen molar-refractivity contribution in [1.29, 1.82) is 0 Å². The second-order valence-corrected chi connectivity index (χ2v) is 3.62. The number of nitrogens with one attached hydrogen (secondary N) is 1. The zero-order valence-corrected chi connectivity index (χ0v) is 9.54. The van der Waals surface area contributed by atoms with Crippen LogP contribution in [0.5, 0.6) is 0 Å². The Morgan fingerprint density at radius 2 is 2.06 bits per heavy atom. The molecule has 2 aromatic heterocycles. The third-order valence-corrected chi connectivity index (χ3v) is 2.33. The van der Waals surface area contributed by atoms with Crippen molar-refractivity contribution >= 4 is 5.97 Å². The van der Waals surface area contributed by atoms with Crippen molar-refractivity contribution in [3.05, 3.63) is 40.1 Å². The average Bonchev–Trinajstić information content (AvgIpc) is 2.34. The molecule has 18 heavy (non-hydrogen) atoms. The van der Waals surface area contributed by atoms with E-state index in [1.165, 1.54) is 12.4 Å². The molecule has 2 heterocycles. The first-order valence-electron chi connectivity index (χ1n) is 5.17. The van der Waals surface area contributed by atoms with Gasteiger partial charge in [0.25, 0.3) is 5.56 Å². The lowest BCUT2D eigenvalue weighted by Crippen LogP contribution is -2.20. The standard InChI is InChI=1S/C11H10N4O3/c1-6-7(5-8(16)17)11(18)15-10(14-6)9-12-3-2-4-13-9/h2-4H,5H2,1H3,(H,16,17)(H,14,15,18). The van der Waals surface area contributed by atoms with Gasteiger partial charge in [-0.1, -0.05) is 0 Å². The van der Waals surface area contributed by atoms with Gasteiger partial charge in [0.15, 0.2) is 11.6 Å². The molecule has 7 nitrogen and oxygen atoms in total. The van der Waals surface area contributed by atoms with Crippen molar-refractivity contribution < 1.29 is 9.90 Å². The Morgan fingerprint density at radius 1 is 1.39 bits per heavy atom. The lowest BCUT2D eigenvalue weighted by atomic mass is 10.2. The Bertz CT molecular complexity index is 636. The summed E-state index contributed by atoms with van der Waals surface area (Å²) >= 11 is 0. The molecule has 92 valence electrons. The molecule has 0 fully saturated rings. The molecule has 0 aliphatic heterocycles. The highest BCUT2D eigenvalue weighted by atomic mass is 16.4. The minimum absolute atomic E-state index is 0.141. The smallest absolute Gasteiger partial charge is 0.308 e. The highest BCUT2D eigenvalue weighted by Gasteiger charge is 2.13. The monoisotopic (exact) mass is 246 g/mol. The maximum absolute atomic E-state index is 11.8. The first-order chi connectivity index (χ1) is 8.58. The molecule has 0 aromatic carbocycles. The SMILES string of the molecule is Cc1nc(-c2ncccn2)[nH]c(=O)c1CC(=O)O. The molecule has 2 N–H and O–H groups in total. The van der Waals surface area contributed by atoms with E-state index in [1.54, 1.807) is 13.0 Å². The van der Waals surface area contributed by atoms with Crippen LogP contribution in [0.15, 0.2) is 23.3 Å². The maximum Gasteiger partial charge on any atom is 0.308 e. The summed E-state index contributed by atoms with van der Waals surface area (Å²) in [6.45, 7) is 1.58. The van der Waals surface area contributed by atoms with E-state index in [9.17, 15) is 9.59 Å². The number of carbonyl (C=O) groups is 1. The topological polar surface area (TPSA) is 109 Å². The van der Waals surface area contributed by atoms with Crippen molar-refractivity contribution in [2.24, 2.45) is 0 Å². The number of aromatic nitrogens is 4. The van der Waals surface area contributed by atoms with Gasteiger partial charge in [0.05, 0.1) is 6.42 Å². The van der Waals surface area contributed by atoms with Crippen LogP contribution in [0.1, 0.15) is 11.3 Å². The van der Waals surface area contributed by atoms with Crippen molar-refractivity contribution in [3.63, 3.8) is 0 Å². The maximum atomic E-state index is 11.8. The molecule has 0 unspecified atom stereocenters. The van der Waals surface area contributed by atoms with Gasteiger partial charge < -0.3 is 10.1 Å². The molecule has 0 bridgehead atoms. The first kappa shape index (κ1) is 11.9. The van der Waals surface area contributed by atoms with E-state index < -0.39 is 11.5 Å². The lowest BCUT2D eigenvalue weighted by Gasteiger charge is -2.04. The zero-order chi connectivity index (χ0) is 13.1. The highest BCUT2D eigenvalue weighted by molar-refractivity contribution is 5.70. The molecule has 0 saturated heterocycles. The molecule has 0 spiro atoms. The van der Waals surface area contributed by atoms with E-state index in [4.69, 9.17) is 5.11 Å². The van der Waals surface area contributed by atoms with Gasteiger partial charge in [-0.15, -0.1) is 0 Å². The summed E-state index contributed by atoms with van der Waals surface area (Å²) in [6, 6.07) is 1.65. The summed E-state index contributed by atoms with van der Waals surface area (Å²) < 4.78 is 0. The molecule has 0 saturated carbocycles. The molecule has 0 aliphatic rings. The van der Waals surface area contributed by atoms with Gasteiger partial charge in [-0.2, -0.15) is 0 Å². The average molecular weight is 246 g/mol. The molecule has 0 radical (unpaired) electrons. The van der Waals surface area contributed by atoms with Crippen molar-refractivity contribution in [3.8, 4) is 11.6 Å². The fourth-order valence-corrected chi connectivity index (χ4v) is 1.50. The summed E-state index contributed by atoms with van der Waals surface area (Å²) in [5, 5.41) is 8.70. The Kier molecular flexibility index (Phi) is 3.13. The number of rotatable bonds is 3. The normalized spacial score (nSPS) is 10.3. The number of aliphatic carboxylic acids is 1. The summed E-state index contributed by atoms with van der Waals surface area (Å²) in [6.07, 6.45) is 2.70. The first-order valence-corrected chi connectivity index (χ1v) is 5.17. The highest BCUT2D eigenvalue weighted by Crippen LogP contribution is 2.08. The van der Waals surface area contributed by atoms with Crippen LogP contribution in [0.3, 0.4) is 0 Å². The van der Waals surface area contributed by atoms with Crippen LogP contribution in [-0.2, 0) is 11.2 Å². The van der Waals surface area contributed by atoms with E-state index in [0.29, 0.717) is 11.5 Å². The van der Waals surface area contributed by atoms with Crippen molar-refractivity contribution in [1.82, 2.24) is 19.9 Å². The number of H-pyrrole nitrogens is 1. The molecule has 7 heteroatoms. The van der Waals surface area contributed by atoms with Crippen LogP contribution in [-0.4, -0.2) is 31.0 Å². The van der Waals surface area contributed by atoms with Gasteiger partial charge in [-0.05, 0) is 13.0 Å². The molecular weight excluding hydrogens is 236 g/mol. The van der Waals surface area contributed by atoms with E-state index in [2.05, 4.69) is 19.9 Å². The molecular formula is C11H10N4O3. The Labute approximate surface area is 102 Å². The van der Waals surface area contributed by atoms with Crippen LogP contribution in [0.25, 0.3) is 11.6 Å². The molecule has 0 aliphatic carbocycles. The summed E-state index contributed by atoms with van der Waals surface area (Å²) in [7, 11) is 0. The van der Waals surface area contributed by atoms with Gasteiger partial charge in [-0.3, -0.25) is 9.59 Å².